The molecular weight excluding hydrogens is 538 g/mol. The van der Waals surface area contributed by atoms with E-state index in [4.69, 9.17) is 28.4 Å². The van der Waals surface area contributed by atoms with Crippen molar-refractivity contribution in [3.8, 4) is 11.5 Å². The highest BCUT2D eigenvalue weighted by atomic mass is 16.8. The van der Waals surface area contributed by atoms with Crippen molar-refractivity contribution in [1.82, 2.24) is 5.32 Å². The number of carbonyl (C=O) groups excluding carboxylic acids is 3. The Morgan fingerprint density at radius 1 is 0.805 bits per heavy atom. The number of carbonyl (C=O) groups is 4. The van der Waals surface area contributed by atoms with Gasteiger partial charge in [-0.15, -0.1) is 0 Å². The highest BCUT2D eigenvalue weighted by Crippen LogP contribution is 2.32. The molecule has 0 amide bonds. The molecule has 0 saturated heterocycles. The van der Waals surface area contributed by atoms with Crippen LogP contribution in [-0.2, 0) is 30.2 Å². The fraction of sp³-hybridized carbons (Fsp3) is 0.655. The van der Waals surface area contributed by atoms with E-state index in [0.29, 0.717) is 6.42 Å². The molecule has 3 atom stereocenters. The van der Waals surface area contributed by atoms with E-state index in [2.05, 4.69) is 5.32 Å². The van der Waals surface area contributed by atoms with E-state index in [9.17, 15) is 24.3 Å². The van der Waals surface area contributed by atoms with Crippen LogP contribution in [0.5, 0.6) is 11.5 Å². The van der Waals surface area contributed by atoms with Gasteiger partial charge in [0.05, 0.1) is 0 Å². The molecule has 0 fully saturated rings. The Morgan fingerprint density at radius 3 is 1.76 bits per heavy atom. The van der Waals surface area contributed by atoms with Crippen LogP contribution in [0.1, 0.15) is 88.1 Å². The van der Waals surface area contributed by atoms with Crippen molar-refractivity contribution in [2.24, 2.45) is 5.92 Å². The fourth-order valence-corrected chi connectivity index (χ4v) is 3.09. The molecule has 0 aliphatic heterocycles. The normalized spacial score (nSPS) is 14.7. The van der Waals surface area contributed by atoms with E-state index < -0.39 is 53.9 Å². The van der Waals surface area contributed by atoms with Crippen molar-refractivity contribution in [3.05, 3.63) is 23.8 Å². The number of nitrogens with one attached hydrogen (secondary N) is 1. The summed E-state index contributed by atoms with van der Waals surface area (Å²) in [5.41, 5.74) is -3.74. The van der Waals surface area contributed by atoms with Gasteiger partial charge < -0.3 is 33.5 Å². The highest BCUT2D eigenvalue weighted by molar-refractivity contribution is 5.80. The number of ether oxygens (including phenoxy) is 6. The number of benzene rings is 1. The first-order chi connectivity index (χ1) is 18.7. The van der Waals surface area contributed by atoms with Gasteiger partial charge in [-0.05, 0) is 85.4 Å². The lowest BCUT2D eigenvalue weighted by Crippen LogP contribution is -2.59. The number of carboxylic acid groups (broad SMARTS) is 1. The average Bonchev–Trinajstić information content (AvgIpc) is 2.77. The summed E-state index contributed by atoms with van der Waals surface area (Å²) >= 11 is 0. The maximum Gasteiger partial charge on any atom is 0.514 e. The van der Waals surface area contributed by atoms with Gasteiger partial charge in [0.15, 0.2) is 11.5 Å². The number of aliphatic carboxylic acids is 1. The fourth-order valence-electron chi connectivity index (χ4n) is 3.09. The van der Waals surface area contributed by atoms with E-state index >= 15 is 0 Å². The molecule has 0 aliphatic carbocycles. The van der Waals surface area contributed by atoms with Crippen molar-refractivity contribution in [2.75, 3.05) is 0 Å². The predicted octanol–water partition coefficient (Wildman–Crippen LogP) is 6.22. The summed E-state index contributed by atoms with van der Waals surface area (Å²) < 4.78 is 31.7. The first-order valence-electron chi connectivity index (χ1n) is 13.5. The largest absolute Gasteiger partial charge is 0.514 e. The molecule has 0 bridgehead atoms. The maximum absolute atomic E-state index is 12.7. The molecule has 2 N–H and O–H groups in total. The summed E-state index contributed by atoms with van der Waals surface area (Å²) in [7, 11) is 0. The Labute approximate surface area is 241 Å². The highest BCUT2D eigenvalue weighted by Gasteiger charge is 2.45. The van der Waals surface area contributed by atoms with Gasteiger partial charge >= 0.3 is 24.4 Å². The molecule has 0 radical (unpaired) electrons. The third-order valence-corrected chi connectivity index (χ3v) is 5.54. The van der Waals surface area contributed by atoms with Crippen LogP contribution >= 0.6 is 0 Å². The van der Waals surface area contributed by atoms with Crippen LogP contribution < -0.4 is 14.8 Å². The number of hydrogen-bond donors (Lipinski definition) is 2. The van der Waals surface area contributed by atoms with Gasteiger partial charge in [0, 0.05) is 12.5 Å². The van der Waals surface area contributed by atoms with Crippen molar-refractivity contribution in [2.45, 2.75) is 118 Å². The molecule has 232 valence electrons. The van der Waals surface area contributed by atoms with Crippen molar-refractivity contribution in [1.29, 1.82) is 0 Å². The van der Waals surface area contributed by atoms with E-state index in [-0.39, 0.29) is 29.0 Å². The Kier molecular flexibility index (Phi) is 12.4. The minimum absolute atomic E-state index is 0.0330. The van der Waals surface area contributed by atoms with Crippen LogP contribution in [0.15, 0.2) is 18.2 Å². The first kappa shape index (κ1) is 35.5. The molecule has 1 rings (SSSR count). The van der Waals surface area contributed by atoms with Crippen LogP contribution in [0.2, 0.25) is 0 Å². The zero-order chi connectivity index (χ0) is 31.8. The van der Waals surface area contributed by atoms with Crippen molar-refractivity contribution < 1.29 is 52.7 Å². The average molecular weight is 584 g/mol. The second-order valence-corrected chi connectivity index (χ2v) is 12.1. The van der Waals surface area contributed by atoms with Gasteiger partial charge in [-0.3, -0.25) is 5.32 Å². The lowest BCUT2D eigenvalue weighted by atomic mass is 10.00. The smallest absolute Gasteiger partial charge is 0.477 e. The second kappa shape index (κ2) is 14.4. The van der Waals surface area contributed by atoms with Crippen LogP contribution in [-0.4, -0.2) is 58.6 Å². The van der Waals surface area contributed by atoms with Gasteiger partial charge in [0.1, 0.15) is 17.3 Å². The molecule has 1 aromatic rings. The molecule has 0 saturated carbocycles. The first-order valence-corrected chi connectivity index (χ1v) is 13.5. The zero-order valence-electron chi connectivity index (χ0n) is 25.9. The minimum atomic E-state index is -2.25. The van der Waals surface area contributed by atoms with Gasteiger partial charge in [-0.1, -0.05) is 26.8 Å². The minimum Gasteiger partial charge on any atom is -0.477 e. The van der Waals surface area contributed by atoms with Crippen LogP contribution in [0, 0.1) is 5.92 Å². The third-order valence-electron chi connectivity index (χ3n) is 5.54. The second-order valence-electron chi connectivity index (χ2n) is 12.1. The summed E-state index contributed by atoms with van der Waals surface area (Å²) in [6, 6.07) is 3.64. The molecule has 0 aliphatic rings. The molecular formula is C29H45NO11. The quantitative estimate of drug-likeness (QED) is 0.131. The molecule has 41 heavy (non-hydrogen) atoms. The summed E-state index contributed by atoms with van der Waals surface area (Å²) in [5.74, 6) is -1.94. The molecule has 0 spiro atoms. The number of carboxylic acids is 1. The summed E-state index contributed by atoms with van der Waals surface area (Å²) in [6.07, 6.45) is -3.73. The zero-order valence-corrected chi connectivity index (χ0v) is 25.9. The number of rotatable bonds is 11. The third kappa shape index (κ3) is 12.7. The lowest BCUT2D eigenvalue weighted by molar-refractivity contribution is -0.168. The van der Waals surface area contributed by atoms with E-state index in [1.807, 2.05) is 20.8 Å². The van der Waals surface area contributed by atoms with E-state index in [1.165, 1.54) is 18.2 Å². The number of hydrogen-bond acceptors (Lipinski definition) is 11. The van der Waals surface area contributed by atoms with Crippen molar-refractivity contribution >= 4 is 24.4 Å². The molecule has 2 unspecified atom stereocenters. The maximum atomic E-state index is 12.7. The molecule has 12 nitrogen and oxygen atoms in total. The Hall–Kier alpha value is -3.54. The Balaban J connectivity index is 3.51. The monoisotopic (exact) mass is 583 g/mol. The summed E-state index contributed by atoms with van der Waals surface area (Å²) in [4.78, 5) is 50.1. The van der Waals surface area contributed by atoms with Gasteiger partial charge in [0.2, 0.25) is 0 Å². The van der Waals surface area contributed by atoms with Crippen molar-refractivity contribution in [3.63, 3.8) is 0 Å². The van der Waals surface area contributed by atoms with Gasteiger partial charge in [0.25, 0.3) is 5.72 Å². The summed E-state index contributed by atoms with van der Waals surface area (Å²) in [6.45, 7) is 18.8. The predicted molar refractivity (Wildman–Crippen MR) is 149 cm³/mol. The molecule has 0 heterocycles. The van der Waals surface area contributed by atoms with Crippen LogP contribution in [0.4, 0.5) is 14.4 Å². The van der Waals surface area contributed by atoms with Crippen LogP contribution in [0.3, 0.4) is 0 Å². The van der Waals surface area contributed by atoms with E-state index in [1.54, 1.807) is 55.4 Å². The van der Waals surface area contributed by atoms with Crippen LogP contribution in [0.25, 0.3) is 0 Å². The van der Waals surface area contributed by atoms with Gasteiger partial charge in [-0.2, -0.15) is 0 Å². The Morgan fingerprint density at radius 2 is 1.32 bits per heavy atom. The lowest BCUT2D eigenvalue weighted by Gasteiger charge is -2.33. The SMILES string of the molecule is CCC(C)N[C@@](Cc1ccc(OC(=O)OC(C)(C)C)c(OC(=O)OC(C)(C)C)c1)(OC(=O)OC(C)C(C)C)C(=O)O. The molecule has 1 aromatic carbocycles. The van der Waals surface area contributed by atoms with E-state index in [0.717, 1.165) is 0 Å². The standard InChI is InChI=1S/C29H45NO11/c1-12-18(4)30-29(23(31)32,41-24(33)36-19(5)17(2)3)16-20-13-14-21(37-25(34)39-27(6,7)8)22(15-20)38-26(35)40-28(9,10)11/h13-15,17-19,30H,12,16H2,1-11H3,(H,31,32)/t18?,19?,29-/m0/s1. The Bertz CT molecular complexity index is 1070. The topological polar surface area (TPSA) is 156 Å². The van der Waals surface area contributed by atoms with Gasteiger partial charge in [-0.25, -0.2) is 19.2 Å². The molecule has 12 heteroatoms. The summed E-state index contributed by atoms with van der Waals surface area (Å²) in [5, 5.41) is 13.1. The molecule has 0 aromatic heterocycles.